The highest BCUT2D eigenvalue weighted by Gasteiger charge is 2.24. The average molecular weight is 539 g/mol. The van der Waals surface area contributed by atoms with Crippen molar-refractivity contribution in [2.75, 3.05) is 19.6 Å². The Balaban J connectivity index is 1.69. The largest absolute Gasteiger partial charge is 0.505 e. The van der Waals surface area contributed by atoms with Gasteiger partial charge in [0.25, 0.3) is 11.5 Å². The Morgan fingerprint density at radius 3 is 2.64 bits per heavy atom. The predicted molar refractivity (Wildman–Crippen MR) is 145 cm³/mol. The molecule has 2 amide bonds. The number of benzene rings is 1. The lowest BCUT2D eigenvalue weighted by Gasteiger charge is -2.21. The van der Waals surface area contributed by atoms with E-state index in [1.807, 2.05) is 4.90 Å². The Morgan fingerprint density at radius 1 is 1.13 bits per heavy atom. The van der Waals surface area contributed by atoms with Gasteiger partial charge in [-0.3, -0.25) is 19.4 Å². The van der Waals surface area contributed by atoms with Crippen molar-refractivity contribution in [3.63, 3.8) is 0 Å². The van der Waals surface area contributed by atoms with Gasteiger partial charge in [0.15, 0.2) is 5.75 Å². The summed E-state index contributed by atoms with van der Waals surface area (Å²) in [6.45, 7) is 3.06. The van der Waals surface area contributed by atoms with E-state index in [-0.39, 0.29) is 30.3 Å². The van der Waals surface area contributed by atoms with Crippen LogP contribution in [0.3, 0.4) is 0 Å². The van der Waals surface area contributed by atoms with E-state index in [1.165, 1.54) is 16.7 Å². The number of hydrogen-bond donors (Lipinski definition) is 3. The number of carbonyl (C=O) groups is 2. The average Bonchev–Trinajstić information content (AvgIpc) is 3.14. The molecule has 9 nitrogen and oxygen atoms in total. The minimum atomic E-state index is -0.791. The number of aliphatic hydroxyl groups is 1. The summed E-state index contributed by atoms with van der Waals surface area (Å²) >= 11 is 0. The number of halogens is 1. The summed E-state index contributed by atoms with van der Waals surface area (Å²) in [5.74, 6) is -1.55. The van der Waals surface area contributed by atoms with Crippen LogP contribution in [0, 0.1) is 5.82 Å². The lowest BCUT2D eigenvalue weighted by Crippen LogP contribution is -2.37. The first-order valence-electron chi connectivity index (χ1n) is 13.5. The number of nitrogens with zero attached hydrogens (tertiary/aromatic N) is 3. The summed E-state index contributed by atoms with van der Waals surface area (Å²) < 4.78 is 14.8. The molecule has 39 heavy (non-hydrogen) atoms. The van der Waals surface area contributed by atoms with Crippen LogP contribution < -0.4 is 10.9 Å². The van der Waals surface area contributed by atoms with E-state index < -0.39 is 28.9 Å². The minimum absolute atomic E-state index is 0.0621. The zero-order valence-corrected chi connectivity index (χ0v) is 22.2. The fourth-order valence-corrected chi connectivity index (χ4v) is 4.85. The molecule has 0 saturated carbocycles. The maximum atomic E-state index is 13.6. The molecule has 1 aromatic carbocycles. The SMILES string of the molecule is CCC(O)CNC(=O)c1c(O)c2ncc(Cc3ccc(F)cc3)cc2n(CCCN2CCCCCC2=O)c1=O. The van der Waals surface area contributed by atoms with Crippen LogP contribution in [0.5, 0.6) is 5.75 Å². The summed E-state index contributed by atoms with van der Waals surface area (Å²) in [7, 11) is 0. The molecule has 3 heterocycles. The predicted octanol–water partition coefficient (Wildman–Crippen LogP) is 3.13. The van der Waals surface area contributed by atoms with Crippen LogP contribution >= 0.6 is 0 Å². The Morgan fingerprint density at radius 2 is 1.90 bits per heavy atom. The lowest BCUT2D eigenvalue weighted by atomic mass is 10.0. The van der Waals surface area contributed by atoms with Crippen LogP contribution in [-0.4, -0.2) is 62.2 Å². The molecule has 2 aromatic heterocycles. The molecule has 1 unspecified atom stereocenters. The number of pyridine rings is 2. The van der Waals surface area contributed by atoms with Gasteiger partial charge in [0.05, 0.1) is 11.6 Å². The number of likely N-dealkylation sites (tertiary alicyclic amines) is 1. The van der Waals surface area contributed by atoms with Gasteiger partial charge in [0, 0.05) is 38.8 Å². The number of aromatic hydroxyl groups is 1. The standard InChI is InChI=1S/C29H35FN4O5/c1-2-22(35)18-32-28(38)25-27(37)26-23(16-20(17-31-26)15-19-8-10-21(30)11-9-19)34(29(25)39)14-6-13-33-12-5-3-4-7-24(33)36/h8-11,16-17,22,35,37H,2-7,12-15,18H2,1H3,(H,32,38). The van der Waals surface area contributed by atoms with Gasteiger partial charge in [-0.05, 0) is 61.4 Å². The number of aromatic nitrogens is 2. The molecule has 208 valence electrons. The number of fused-ring (bicyclic) bond motifs is 1. The van der Waals surface area contributed by atoms with E-state index in [0.29, 0.717) is 44.3 Å². The third-order valence-corrected chi connectivity index (χ3v) is 7.13. The van der Waals surface area contributed by atoms with Crippen LogP contribution in [0.2, 0.25) is 0 Å². The normalized spacial score (nSPS) is 14.8. The van der Waals surface area contributed by atoms with Crippen LogP contribution in [0.15, 0.2) is 41.3 Å². The Kier molecular flexibility index (Phi) is 9.29. The monoisotopic (exact) mass is 538 g/mol. The second-order valence-corrected chi connectivity index (χ2v) is 10.0. The first kappa shape index (κ1) is 28.2. The first-order chi connectivity index (χ1) is 18.8. The Hall–Kier alpha value is -3.79. The highest BCUT2D eigenvalue weighted by molar-refractivity contribution is 6.01. The van der Waals surface area contributed by atoms with Crippen LogP contribution in [-0.2, 0) is 17.8 Å². The second-order valence-electron chi connectivity index (χ2n) is 10.0. The number of carbonyl (C=O) groups excluding carboxylic acids is 2. The van der Waals surface area contributed by atoms with E-state index in [2.05, 4.69) is 10.3 Å². The summed E-state index contributed by atoms with van der Waals surface area (Å²) in [5, 5.41) is 23.3. The molecule has 1 fully saturated rings. The van der Waals surface area contributed by atoms with Crippen molar-refractivity contribution in [2.24, 2.45) is 0 Å². The van der Waals surface area contributed by atoms with Crippen molar-refractivity contribution >= 4 is 22.8 Å². The molecule has 3 N–H and O–H groups in total. The third kappa shape index (κ3) is 6.81. The van der Waals surface area contributed by atoms with Gasteiger partial charge >= 0.3 is 0 Å². The van der Waals surface area contributed by atoms with Gasteiger partial charge in [-0.2, -0.15) is 0 Å². The van der Waals surface area contributed by atoms with Gasteiger partial charge in [0.2, 0.25) is 5.91 Å². The van der Waals surface area contributed by atoms with Gasteiger partial charge in [-0.1, -0.05) is 25.5 Å². The molecular weight excluding hydrogens is 503 g/mol. The van der Waals surface area contributed by atoms with Gasteiger partial charge in [0.1, 0.15) is 16.9 Å². The molecule has 1 aliphatic rings. The number of rotatable bonds is 10. The van der Waals surface area contributed by atoms with Crippen LogP contribution in [0.25, 0.3) is 11.0 Å². The number of amides is 2. The maximum absolute atomic E-state index is 13.6. The summed E-state index contributed by atoms with van der Waals surface area (Å²) in [6.07, 6.45) is 5.45. The molecule has 3 aromatic rings. The maximum Gasteiger partial charge on any atom is 0.267 e. The highest BCUT2D eigenvalue weighted by Crippen LogP contribution is 2.26. The van der Waals surface area contributed by atoms with Crippen molar-refractivity contribution in [1.29, 1.82) is 0 Å². The van der Waals surface area contributed by atoms with E-state index in [1.54, 1.807) is 31.3 Å². The summed E-state index contributed by atoms with van der Waals surface area (Å²) in [6, 6.07) is 7.82. The molecule has 1 saturated heterocycles. The molecule has 4 rings (SSSR count). The summed E-state index contributed by atoms with van der Waals surface area (Å²) in [5.41, 5.74) is 0.948. The van der Waals surface area contributed by atoms with Crippen molar-refractivity contribution < 1.29 is 24.2 Å². The quantitative estimate of drug-likeness (QED) is 0.364. The minimum Gasteiger partial charge on any atom is -0.505 e. The molecule has 0 spiro atoms. The van der Waals surface area contributed by atoms with Crippen molar-refractivity contribution in [3.8, 4) is 5.75 Å². The second kappa shape index (κ2) is 12.8. The molecule has 0 bridgehead atoms. The molecule has 1 atom stereocenters. The zero-order chi connectivity index (χ0) is 27.9. The van der Waals surface area contributed by atoms with E-state index >= 15 is 0 Å². The van der Waals surface area contributed by atoms with E-state index in [0.717, 1.165) is 30.4 Å². The van der Waals surface area contributed by atoms with Gasteiger partial charge in [-0.25, -0.2) is 4.39 Å². The summed E-state index contributed by atoms with van der Waals surface area (Å²) in [4.78, 5) is 45.2. The van der Waals surface area contributed by atoms with Crippen molar-refractivity contribution in [2.45, 2.75) is 64.5 Å². The van der Waals surface area contributed by atoms with Crippen LogP contribution in [0.4, 0.5) is 4.39 Å². The van der Waals surface area contributed by atoms with Crippen LogP contribution in [0.1, 0.15) is 66.9 Å². The van der Waals surface area contributed by atoms with E-state index in [9.17, 15) is 29.0 Å². The highest BCUT2D eigenvalue weighted by atomic mass is 19.1. The van der Waals surface area contributed by atoms with Crippen molar-refractivity contribution in [1.82, 2.24) is 19.8 Å². The van der Waals surface area contributed by atoms with E-state index in [4.69, 9.17) is 0 Å². The molecule has 1 aliphatic heterocycles. The Bertz CT molecular complexity index is 1390. The molecule has 0 aliphatic carbocycles. The molecule has 0 radical (unpaired) electrons. The van der Waals surface area contributed by atoms with Gasteiger partial charge < -0.3 is 25.0 Å². The smallest absolute Gasteiger partial charge is 0.267 e. The molecular formula is C29H35FN4O5. The topological polar surface area (TPSA) is 125 Å². The van der Waals surface area contributed by atoms with Crippen molar-refractivity contribution in [3.05, 3.63) is 69.4 Å². The lowest BCUT2D eigenvalue weighted by molar-refractivity contribution is -0.130. The molecule has 10 heteroatoms. The fourth-order valence-electron chi connectivity index (χ4n) is 4.85. The third-order valence-electron chi connectivity index (χ3n) is 7.13. The number of nitrogens with one attached hydrogen (secondary N) is 1. The Labute approximate surface area is 226 Å². The number of aliphatic hydroxyl groups excluding tert-OH is 1. The number of hydrogen-bond acceptors (Lipinski definition) is 6. The first-order valence-corrected chi connectivity index (χ1v) is 13.5. The number of aryl methyl sites for hydroxylation is 1. The fraction of sp³-hybridized carbons (Fsp3) is 0.448. The zero-order valence-electron chi connectivity index (χ0n) is 22.2. The van der Waals surface area contributed by atoms with Gasteiger partial charge in [-0.15, -0.1) is 0 Å².